The average Bonchev–Trinajstić information content (AvgIpc) is 2.09. The van der Waals surface area contributed by atoms with Gasteiger partial charge in [-0.3, -0.25) is 4.79 Å². The zero-order chi connectivity index (χ0) is 10.1. The van der Waals surface area contributed by atoms with E-state index in [0.29, 0.717) is 22.6 Å². The molecule has 0 saturated carbocycles. The molecule has 1 aromatic rings. The van der Waals surface area contributed by atoms with E-state index >= 15 is 0 Å². The molecule has 0 amide bonds. The number of halogens is 3. The van der Waals surface area contributed by atoms with Gasteiger partial charge in [0, 0.05) is 0 Å². The third-order valence-corrected chi connectivity index (χ3v) is 2.49. The Bertz CT molecular complexity index is 338. The molecule has 0 fully saturated rings. The molecule has 0 spiro atoms. The van der Waals surface area contributed by atoms with Crippen LogP contribution in [0.3, 0.4) is 0 Å². The summed E-state index contributed by atoms with van der Waals surface area (Å²) in [6, 6.07) is 4.55. The van der Waals surface area contributed by atoms with Crippen LogP contribution in [0.5, 0.6) is 0 Å². The molecule has 0 bridgehead atoms. The van der Waals surface area contributed by atoms with Crippen LogP contribution in [-0.4, -0.2) is 6.29 Å². The number of rotatable bonds is 2. The minimum absolute atomic E-state index is 0.340. The van der Waals surface area contributed by atoms with Crippen LogP contribution in [0.25, 0.3) is 0 Å². The van der Waals surface area contributed by atoms with Crippen molar-refractivity contribution in [1.82, 2.24) is 0 Å². The molecule has 0 aromatic heterocycles. The second-order valence-corrected chi connectivity index (χ2v) is 4.27. The Morgan fingerprint density at radius 3 is 2.46 bits per heavy atom. The summed E-state index contributed by atoms with van der Waals surface area (Å²) in [6.45, 7) is 0. The highest BCUT2D eigenvalue weighted by molar-refractivity contribution is 6.55. The fraction of sp³-hybridized carbons (Fsp3) is 0.125. The number of hydrogen-bond acceptors (Lipinski definition) is 2. The lowest BCUT2D eigenvalue weighted by Gasteiger charge is -2.12. The van der Waals surface area contributed by atoms with Gasteiger partial charge in [-0.1, -0.05) is 40.9 Å². The average molecular weight is 239 g/mol. The maximum Gasteiger partial charge on any atom is 0.197 e. The van der Waals surface area contributed by atoms with E-state index in [1.165, 1.54) is 12.1 Å². The van der Waals surface area contributed by atoms with Crippen molar-refractivity contribution in [1.29, 1.82) is 0 Å². The summed E-state index contributed by atoms with van der Waals surface area (Å²) in [5.41, 5.74) is 6.26. The van der Waals surface area contributed by atoms with Gasteiger partial charge in [-0.25, -0.2) is 0 Å². The van der Waals surface area contributed by atoms with Crippen LogP contribution in [0.4, 0.5) is 5.69 Å². The standard InChI is InChI=1S/C8H6Cl3NO/c9-6-2-1-5(3-7(6)12)8(10,11)4-13/h1-4H,12H2. The lowest BCUT2D eigenvalue weighted by Crippen LogP contribution is -2.11. The molecule has 2 N–H and O–H groups in total. The largest absolute Gasteiger partial charge is 0.398 e. The predicted octanol–water partition coefficient (Wildman–Crippen LogP) is 2.75. The normalized spacial score (nSPS) is 11.3. The molecule has 0 atom stereocenters. The molecular formula is C8H6Cl3NO. The molecule has 0 aliphatic rings. The molecule has 13 heavy (non-hydrogen) atoms. The fourth-order valence-electron chi connectivity index (χ4n) is 0.819. The first-order valence-electron chi connectivity index (χ1n) is 3.37. The maximum atomic E-state index is 10.5. The number of nitrogens with two attached hydrogens (primary N) is 1. The van der Waals surface area contributed by atoms with Gasteiger partial charge >= 0.3 is 0 Å². The number of nitrogen functional groups attached to an aromatic ring is 1. The summed E-state index contributed by atoms with van der Waals surface area (Å²) < 4.78 is -1.56. The Morgan fingerprint density at radius 1 is 1.38 bits per heavy atom. The Labute approximate surface area is 90.6 Å². The second-order valence-electron chi connectivity index (χ2n) is 2.48. The lowest BCUT2D eigenvalue weighted by atomic mass is 10.1. The van der Waals surface area contributed by atoms with Crippen molar-refractivity contribution in [3.8, 4) is 0 Å². The van der Waals surface area contributed by atoms with Crippen LogP contribution in [0.2, 0.25) is 5.02 Å². The summed E-state index contributed by atoms with van der Waals surface area (Å²) in [7, 11) is 0. The van der Waals surface area contributed by atoms with Gasteiger partial charge in [0.05, 0.1) is 10.7 Å². The van der Waals surface area contributed by atoms with Gasteiger partial charge in [0.25, 0.3) is 0 Å². The van der Waals surface area contributed by atoms with Crippen molar-refractivity contribution >= 4 is 46.8 Å². The first-order valence-corrected chi connectivity index (χ1v) is 4.50. The summed E-state index contributed by atoms with van der Waals surface area (Å²) in [4.78, 5) is 10.5. The summed E-state index contributed by atoms with van der Waals surface area (Å²) in [6.07, 6.45) is 0.429. The smallest absolute Gasteiger partial charge is 0.197 e. The van der Waals surface area contributed by atoms with Gasteiger partial charge < -0.3 is 5.73 Å². The summed E-state index contributed by atoms with van der Waals surface area (Å²) in [5.74, 6) is 0. The van der Waals surface area contributed by atoms with Crippen molar-refractivity contribution in [2.75, 3.05) is 5.73 Å². The first kappa shape index (κ1) is 10.6. The van der Waals surface area contributed by atoms with Crippen molar-refractivity contribution in [3.05, 3.63) is 28.8 Å². The van der Waals surface area contributed by atoms with Gasteiger partial charge in [0.15, 0.2) is 10.6 Å². The highest BCUT2D eigenvalue weighted by atomic mass is 35.5. The number of aldehydes is 1. The van der Waals surface area contributed by atoms with Gasteiger partial charge in [-0.15, -0.1) is 0 Å². The van der Waals surface area contributed by atoms with Crippen LogP contribution in [0.1, 0.15) is 5.56 Å². The van der Waals surface area contributed by atoms with E-state index in [1.54, 1.807) is 6.07 Å². The van der Waals surface area contributed by atoms with E-state index < -0.39 is 4.33 Å². The van der Waals surface area contributed by atoms with Crippen LogP contribution in [0, 0.1) is 0 Å². The van der Waals surface area contributed by atoms with E-state index in [9.17, 15) is 4.79 Å². The van der Waals surface area contributed by atoms with Gasteiger partial charge in [-0.05, 0) is 17.7 Å². The number of hydrogen-bond donors (Lipinski definition) is 1. The molecule has 0 aliphatic heterocycles. The van der Waals surface area contributed by atoms with Crippen LogP contribution in [0.15, 0.2) is 18.2 Å². The van der Waals surface area contributed by atoms with Gasteiger partial charge in [0.2, 0.25) is 0 Å². The minimum atomic E-state index is -1.56. The molecule has 70 valence electrons. The highest BCUT2D eigenvalue weighted by Crippen LogP contribution is 2.34. The molecule has 0 unspecified atom stereocenters. The Kier molecular flexibility index (Phi) is 3.06. The zero-order valence-electron chi connectivity index (χ0n) is 6.43. The third kappa shape index (κ3) is 2.27. The van der Waals surface area contributed by atoms with E-state index in [2.05, 4.69) is 0 Å². The third-order valence-electron chi connectivity index (χ3n) is 1.53. The van der Waals surface area contributed by atoms with Crippen LogP contribution >= 0.6 is 34.8 Å². The Balaban J connectivity index is 3.18. The van der Waals surface area contributed by atoms with Gasteiger partial charge in [-0.2, -0.15) is 0 Å². The van der Waals surface area contributed by atoms with Crippen LogP contribution in [-0.2, 0) is 9.13 Å². The van der Waals surface area contributed by atoms with Crippen molar-refractivity contribution in [3.63, 3.8) is 0 Å². The second kappa shape index (κ2) is 3.74. The minimum Gasteiger partial charge on any atom is -0.398 e. The number of carbonyl (C=O) groups is 1. The molecule has 0 heterocycles. The predicted molar refractivity (Wildman–Crippen MR) is 55.3 cm³/mol. The molecule has 0 radical (unpaired) electrons. The van der Waals surface area contributed by atoms with E-state index in [0.717, 1.165) is 0 Å². The molecule has 2 nitrogen and oxygen atoms in total. The molecule has 0 saturated heterocycles. The quantitative estimate of drug-likeness (QED) is 0.489. The topological polar surface area (TPSA) is 43.1 Å². The zero-order valence-corrected chi connectivity index (χ0v) is 8.70. The molecule has 0 aliphatic carbocycles. The molecule has 1 aromatic carbocycles. The van der Waals surface area contributed by atoms with Crippen molar-refractivity contribution < 1.29 is 4.79 Å². The van der Waals surface area contributed by atoms with E-state index in [1.807, 2.05) is 0 Å². The summed E-state index contributed by atoms with van der Waals surface area (Å²) in [5, 5.41) is 0.402. The number of anilines is 1. The highest BCUT2D eigenvalue weighted by Gasteiger charge is 2.25. The number of carbonyl (C=O) groups excluding carboxylic acids is 1. The number of benzene rings is 1. The molecule has 1 rings (SSSR count). The van der Waals surface area contributed by atoms with Crippen molar-refractivity contribution in [2.45, 2.75) is 4.33 Å². The fourth-order valence-corrected chi connectivity index (χ4v) is 1.17. The first-order chi connectivity index (χ1) is 5.97. The van der Waals surface area contributed by atoms with Crippen LogP contribution < -0.4 is 5.73 Å². The van der Waals surface area contributed by atoms with E-state index in [4.69, 9.17) is 40.5 Å². The molecular weight excluding hydrogens is 232 g/mol. The van der Waals surface area contributed by atoms with Crippen molar-refractivity contribution in [2.24, 2.45) is 0 Å². The maximum absolute atomic E-state index is 10.5. The summed E-state index contributed by atoms with van der Waals surface area (Å²) >= 11 is 17.0. The monoisotopic (exact) mass is 237 g/mol. The SMILES string of the molecule is Nc1cc(C(Cl)(Cl)C=O)ccc1Cl. The molecule has 5 heteroatoms. The number of alkyl halides is 2. The van der Waals surface area contributed by atoms with Gasteiger partial charge in [0.1, 0.15) is 0 Å². The Morgan fingerprint density at radius 2 is 2.00 bits per heavy atom. The Hall–Kier alpha value is -0.440. The van der Waals surface area contributed by atoms with E-state index in [-0.39, 0.29) is 0 Å². The lowest BCUT2D eigenvalue weighted by molar-refractivity contribution is -0.108.